The average Bonchev–Trinajstić information content (AvgIpc) is 2.95. The van der Waals surface area contributed by atoms with Gasteiger partial charge in [0.2, 0.25) is 0 Å². The maximum absolute atomic E-state index is 12.6. The Morgan fingerprint density at radius 1 is 1.28 bits per heavy atom. The maximum Gasteiger partial charge on any atom is 0.412 e. The zero-order valence-corrected chi connectivity index (χ0v) is 14.0. The van der Waals surface area contributed by atoms with Crippen molar-refractivity contribution >= 4 is 16.2 Å². The van der Waals surface area contributed by atoms with Crippen LogP contribution >= 0.6 is 0 Å². The number of carbonyl (C=O) groups excluding carboxylic acids is 1. The molecule has 9 heteroatoms. The van der Waals surface area contributed by atoms with Crippen molar-refractivity contribution in [1.29, 1.82) is 0 Å². The molecule has 0 spiro atoms. The van der Waals surface area contributed by atoms with E-state index < -0.39 is 21.9 Å². The number of amides is 1. The first-order valence-corrected chi connectivity index (χ1v) is 9.14. The van der Waals surface area contributed by atoms with E-state index in [9.17, 15) is 13.2 Å². The van der Waals surface area contributed by atoms with E-state index >= 15 is 0 Å². The van der Waals surface area contributed by atoms with E-state index in [-0.39, 0.29) is 38.7 Å². The van der Waals surface area contributed by atoms with E-state index in [1.54, 1.807) is 12.1 Å². The van der Waals surface area contributed by atoms with Crippen LogP contribution in [0.3, 0.4) is 0 Å². The molecule has 3 aliphatic heterocycles. The van der Waals surface area contributed by atoms with E-state index in [0.29, 0.717) is 24.9 Å². The molecule has 25 heavy (non-hydrogen) atoms. The second-order valence-electron chi connectivity index (χ2n) is 5.78. The lowest BCUT2D eigenvalue weighted by atomic mass is 10.2. The van der Waals surface area contributed by atoms with Crippen LogP contribution < -0.4 is 5.73 Å². The maximum atomic E-state index is 12.6. The summed E-state index contributed by atoms with van der Waals surface area (Å²) in [6.07, 6.45) is 0.306. The molecule has 1 amide bonds. The third-order valence-electron chi connectivity index (χ3n) is 4.09. The first-order chi connectivity index (χ1) is 11.5. The van der Waals surface area contributed by atoms with Crippen molar-refractivity contribution in [2.24, 2.45) is 5.73 Å². The van der Waals surface area contributed by atoms with Gasteiger partial charge in [0.1, 0.15) is 6.61 Å². The summed E-state index contributed by atoms with van der Waals surface area (Å²) >= 11 is 0. The van der Waals surface area contributed by atoms with Crippen LogP contribution in [-0.4, -0.2) is 51.4 Å². The second-order valence-corrected chi connectivity index (χ2v) is 7.32. The molecule has 0 radical (unpaired) electrons. The van der Waals surface area contributed by atoms with Crippen LogP contribution in [0.25, 0.3) is 0 Å². The summed E-state index contributed by atoms with van der Waals surface area (Å²) in [6, 6.07) is 6.07. The zero-order chi connectivity index (χ0) is 17.2. The Bertz CT molecular complexity index is 706. The zero-order valence-electron chi connectivity index (χ0n) is 13.1. The van der Waals surface area contributed by atoms with Crippen LogP contribution in [-0.2, 0) is 30.4 Å². The van der Waals surface area contributed by atoms with Crippen LogP contribution in [0.5, 0.6) is 0 Å². The second kappa shape index (κ2) is 7.69. The number of nitrogens with zero attached hydrogens (tertiary/aromatic N) is 1. The quantitative estimate of drug-likeness (QED) is 0.629. The molecule has 1 fully saturated rings. The molecular formula is C16H24N2O6S. The predicted octanol–water partition coefficient (Wildman–Crippen LogP) is 1.45. The summed E-state index contributed by atoms with van der Waals surface area (Å²) in [5.41, 5.74) is 4.71. The molecule has 3 aliphatic rings. The molecule has 2 bridgehead atoms. The molecule has 140 valence electrons. The van der Waals surface area contributed by atoms with Gasteiger partial charge in [0.15, 0.2) is 5.72 Å². The molecule has 2 N–H and O–H groups in total. The fourth-order valence-electron chi connectivity index (χ4n) is 2.91. The summed E-state index contributed by atoms with van der Waals surface area (Å²) in [6.45, 7) is 0.841. The van der Waals surface area contributed by atoms with Crippen LogP contribution in [0.4, 0.5) is 4.79 Å². The minimum absolute atomic E-state index is 0. The molecule has 0 saturated carbocycles. The van der Waals surface area contributed by atoms with Gasteiger partial charge in [-0.05, 0) is 24.1 Å². The Balaban J connectivity index is 0.00000225. The largest absolute Gasteiger partial charge is 0.444 e. The number of fused-ring (bicyclic) bond motifs is 5. The van der Waals surface area contributed by atoms with Gasteiger partial charge < -0.3 is 15.2 Å². The average molecular weight is 372 g/mol. The highest BCUT2D eigenvalue weighted by Crippen LogP contribution is 2.35. The van der Waals surface area contributed by atoms with Gasteiger partial charge in [-0.25, -0.2) is 8.98 Å². The fraction of sp³-hybridized carbons (Fsp3) is 0.562. The molecule has 0 aliphatic carbocycles. The number of rotatable bonds is 4. The molecule has 0 unspecified atom stereocenters. The first-order valence-electron chi connectivity index (χ1n) is 7.74. The lowest BCUT2D eigenvalue weighted by molar-refractivity contribution is -0.0983. The molecule has 4 rings (SSSR count). The molecule has 1 aromatic rings. The molecule has 1 atom stereocenters. The summed E-state index contributed by atoms with van der Waals surface area (Å²) in [5.74, 6) is 0. The highest BCUT2D eigenvalue weighted by Gasteiger charge is 2.49. The molecule has 1 aromatic carbocycles. The lowest BCUT2D eigenvalue weighted by Crippen LogP contribution is -2.53. The summed E-state index contributed by atoms with van der Waals surface area (Å²) < 4.78 is 41.5. The minimum Gasteiger partial charge on any atom is -0.444 e. The Hall–Kier alpha value is -1.68. The molecule has 1 saturated heterocycles. The summed E-state index contributed by atoms with van der Waals surface area (Å²) in [4.78, 5) is 13.8. The number of hydrogen-bond acceptors (Lipinski definition) is 7. The van der Waals surface area contributed by atoms with E-state index in [2.05, 4.69) is 0 Å². The third-order valence-corrected chi connectivity index (χ3v) is 5.47. The van der Waals surface area contributed by atoms with Gasteiger partial charge in [-0.3, -0.25) is 4.90 Å². The van der Waals surface area contributed by atoms with Gasteiger partial charge >= 0.3 is 6.09 Å². The number of benzene rings is 1. The number of hydrogen-bond donors (Lipinski definition) is 1. The van der Waals surface area contributed by atoms with Gasteiger partial charge in [0.05, 0.1) is 18.1 Å². The Kier molecular flexibility index (Phi) is 6.04. The molecule has 3 heterocycles. The Morgan fingerprint density at radius 2 is 2.00 bits per heavy atom. The van der Waals surface area contributed by atoms with Crippen molar-refractivity contribution in [3.8, 4) is 0 Å². The number of carbonyl (C=O) groups is 1. The fourth-order valence-corrected chi connectivity index (χ4v) is 4.11. The molecule has 0 aromatic heterocycles. The number of nitrogens with two attached hydrogens (primary N) is 1. The van der Waals surface area contributed by atoms with E-state index in [0.717, 1.165) is 0 Å². The van der Waals surface area contributed by atoms with Crippen molar-refractivity contribution in [3.05, 3.63) is 29.8 Å². The monoisotopic (exact) mass is 372 g/mol. The topological polar surface area (TPSA) is 108 Å². The van der Waals surface area contributed by atoms with Gasteiger partial charge in [-0.15, -0.1) is 0 Å². The van der Waals surface area contributed by atoms with E-state index in [4.69, 9.17) is 19.4 Å². The molecule has 8 nitrogen and oxygen atoms in total. The van der Waals surface area contributed by atoms with Crippen molar-refractivity contribution < 1.29 is 26.9 Å². The highest BCUT2D eigenvalue weighted by molar-refractivity contribution is 7.86. The van der Waals surface area contributed by atoms with Gasteiger partial charge in [0.25, 0.3) is 10.1 Å². The van der Waals surface area contributed by atoms with Gasteiger partial charge in [0, 0.05) is 19.5 Å². The SMILES string of the molecule is C.NCCOC[C@@]12CCCN1C(=O)OCc1ccc(cc1)S(=O)(=O)O2. The van der Waals surface area contributed by atoms with E-state index in [1.165, 1.54) is 17.0 Å². The third kappa shape index (κ3) is 3.95. The first kappa shape index (κ1) is 19.6. The van der Waals surface area contributed by atoms with Crippen molar-refractivity contribution in [2.45, 2.75) is 37.5 Å². The normalized spacial score (nSPS) is 24.8. The van der Waals surface area contributed by atoms with Crippen LogP contribution in [0.1, 0.15) is 25.8 Å². The highest BCUT2D eigenvalue weighted by atomic mass is 32.2. The Morgan fingerprint density at radius 3 is 2.68 bits per heavy atom. The minimum atomic E-state index is -4.06. The predicted molar refractivity (Wildman–Crippen MR) is 90.2 cm³/mol. The van der Waals surface area contributed by atoms with Crippen LogP contribution in [0, 0.1) is 0 Å². The van der Waals surface area contributed by atoms with E-state index in [1.807, 2.05) is 0 Å². The standard InChI is InChI=1S/C15H20N2O6S.CH4/c16-7-9-21-11-15-6-1-8-17(15)14(18)22-10-12-2-4-13(5-3-12)24(19,20)23-15;/h2-5H,1,6-11,16H2;1H4/t15-;/m0./s1. The Labute approximate surface area is 148 Å². The van der Waals surface area contributed by atoms with Crippen molar-refractivity contribution in [1.82, 2.24) is 4.90 Å². The molecular weight excluding hydrogens is 348 g/mol. The lowest BCUT2D eigenvalue weighted by Gasteiger charge is -2.36. The van der Waals surface area contributed by atoms with Crippen LogP contribution in [0.15, 0.2) is 29.2 Å². The summed E-state index contributed by atoms with van der Waals surface area (Å²) in [5, 5.41) is 0. The van der Waals surface area contributed by atoms with Crippen molar-refractivity contribution in [2.75, 3.05) is 26.3 Å². The van der Waals surface area contributed by atoms with Crippen molar-refractivity contribution in [3.63, 3.8) is 0 Å². The van der Waals surface area contributed by atoms with Crippen LogP contribution in [0.2, 0.25) is 0 Å². The number of ether oxygens (including phenoxy) is 2. The van der Waals surface area contributed by atoms with Gasteiger partial charge in [-0.1, -0.05) is 19.6 Å². The smallest absolute Gasteiger partial charge is 0.412 e. The van der Waals surface area contributed by atoms with Gasteiger partial charge in [-0.2, -0.15) is 8.42 Å². The summed E-state index contributed by atoms with van der Waals surface area (Å²) in [7, 11) is -4.06.